The number of benzene rings is 1. The van der Waals surface area contributed by atoms with E-state index >= 15 is 0 Å². The molecule has 0 bridgehead atoms. The molecule has 0 fully saturated rings. The average Bonchev–Trinajstić information content (AvgIpc) is 2.27. The van der Waals surface area contributed by atoms with Gasteiger partial charge in [0.05, 0.1) is 11.1 Å². The first-order chi connectivity index (χ1) is 7.61. The van der Waals surface area contributed by atoms with Gasteiger partial charge in [-0.05, 0) is 43.2 Å². The van der Waals surface area contributed by atoms with Crippen molar-refractivity contribution in [1.29, 1.82) is 0 Å². The van der Waals surface area contributed by atoms with Gasteiger partial charge in [-0.1, -0.05) is 6.92 Å². The average molecular weight is 215 g/mol. The molecule has 3 heteroatoms. The Hall–Kier alpha value is -1.90. The minimum Gasteiger partial charge on any atom is -0.478 e. The fourth-order valence-electron chi connectivity index (χ4n) is 1.81. The number of aryl methyl sites for hydroxylation is 2. The van der Waals surface area contributed by atoms with Gasteiger partial charge in [0, 0.05) is 11.1 Å². The van der Waals surface area contributed by atoms with E-state index in [4.69, 9.17) is 5.11 Å². The number of carboxylic acid groups (broad SMARTS) is 1. The number of carbonyl (C=O) groups is 1. The van der Waals surface area contributed by atoms with Gasteiger partial charge in [-0.25, -0.2) is 4.79 Å². The highest BCUT2D eigenvalue weighted by Gasteiger charge is 2.06. The lowest BCUT2D eigenvalue weighted by Gasteiger charge is -2.05. The molecular weight excluding hydrogens is 202 g/mol. The van der Waals surface area contributed by atoms with Crippen molar-refractivity contribution < 1.29 is 9.90 Å². The molecule has 0 spiro atoms. The number of rotatable bonds is 2. The van der Waals surface area contributed by atoms with E-state index < -0.39 is 5.97 Å². The fourth-order valence-corrected chi connectivity index (χ4v) is 1.81. The van der Waals surface area contributed by atoms with E-state index in [1.807, 2.05) is 13.0 Å². The maximum Gasteiger partial charge on any atom is 0.335 e. The van der Waals surface area contributed by atoms with Gasteiger partial charge in [0.15, 0.2) is 0 Å². The number of fused-ring (bicyclic) bond motifs is 1. The molecule has 0 radical (unpaired) electrons. The van der Waals surface area contributed by atoms with Gasteiger partial charge >= 0.3 is 5.97 Å². The number of carboxylic acids is 1. The molecule has 1 heterocycles. The van der Waals surface area contributed by atoms with E-state index in [-0.39, 0.29) is 0 Å². The Balaban J connectivity index is 2.68. The molecule has 2 rings (SSSR count). The second-order valence-electron chi connectivity index (χ2n) is 3.80. The van der Waals surface area contributed by atoms with Crippen LogP contribution in [0, 0.1) is 6.92 Å². The molecule has 82 valence electrons. The Kier molecular flexibility index (Phi) is 2.60. The summed E-state index contributed by atoms with van der Waals surface area (Å²) >= 11 is 0. The predicted octanol–water partition coefficient (Wildman–Crippen LogP) is 2.80. The molecular formula is C13H13NO2. The van der Waals surface area contributed by atoms with E-state index in [1.54, 1.807) is 18.2 Å². The van der Waals surface area contributed by atoms with Crippen molar-refractivity contribution in [2.24, 2.45) is 0 Å². The lowest BCUT2D eigenvalue weighted by molar-refractivity contribution is 0.0697. The predicted molar refractivity (Wildman–Crippen MR) is 62.8 cm³/mol. The molecule has 0 saturated heterocycles. The van der Waals surface area contributed by atoms with E-state index in [9.17, 15) is 4.79 Å². The molecule has 0 aliphatic carbocycles. The molecule has 0 amide bonds. The Morgan fingerprint density at radius 2 is 2.12 bits per heavy atom. The minimum absolute atomic E-state index is 0.306. The van der Waals surface area contributed by atoms with Crippen molar-refractivity contribution in [2.45, 2.75) is 20.3 Å². The molecule has 2 aromatic rings. The molecule has 0 unspecified atom stereocenters. The molecule has 3 nitrogen and oxygen atoms in total. The first-order valence-corrected chi connectivity index (χ1v) is 5.25. The highest BCUT2D eigenvalue weighted by Crippen LogP contribution is 2.18. The number of nitrogens with zero attached hydrogens (tertiary/aromatic N) is 1. The summed E-state index contributed by atoms with van der Waals surface area (Å²) in [7, 11) is 0. The Bertz CT molecular complexity index is 561. The monoisotopic (exact) mass is 215 g/mol. The van der Waals surface area contributed by atoms with Crippen LogP contribution in [0.25, 0.3) is 10.9 Å². The van der Waals surface area contributed by atoms with Crippen LogP contribution in [-0.2, 0) is 6.42 Å². The third kappa shape index (κ3) is 1.76. The summed E-state index contributed by atoms with van der Waals surface area (Å²) in [6, 6.07) is 7.03. The van der Waals surface area contributed by atoms with E-state index in [0.717, 1.165) is 28.6 Å². The highest BCUT2D eigenvalue weighted by atomic mass is 16.4. The SMILES string of the molecule is CCc1cc2cc(C(=O)O)ccc2nc1C. The Morgan fingerprint density at radius 3 is 2.75 bits per heavy atom. The summed E-state index contributed by atoms with van der Waals surface area (Å²) in [6.07, 6.45) is 0.909. The zero-order valence-corrected chi connectivity index (χ0v) is 9.32. The van der Waals surface area contributed by atoms with Gasteiger partial charge in [-0.3, -0.25) is 4.98 Å². The number of aromatic carboxylic acids is 1. The molecule has 0 aliphatic heterocycles. The molecule has 1 aromatic heterocycles. The smallest absolute Gasteiger partial charge is 0.335 e. The molecule has 1 N–H and O–H groups in total. The Morgan fingerprint density at radius 1 is 1.38 bits per heavy atom. The van der Waals surface area contributed by atoms with Crippen LogP contribution in [0.15, 0.2) is 24.3 Å². The van der Waals surface area contributed by atoms with Crippen LogP contribution in [0.4, 0.5) is 0 Å². The molecule has 0 atom stereocenters. The van der Waals surface area contributed by atoms with Gasteiger partial charge < -0.3 is 5.11 Å². The van der Waals surface area contributed by atoms with E-state index in [2.05, 4.69) is 11.9 Å². The van der Waals surface area contributed by atoms with Crippen molar-refractivity contribution in [2.75, 3.05) is 0 Å². The highest BCUT2D eigenvalue weighted by molar-refractivity contribution is 5.93. The molecule has 1 aromatic carbocycles. The normalized spacial score (nSPS) is 10.6. The summed E-state index contributed by atoms with van der Waals surface area (Å²) < 4.78 is 0. The van der Waals surface area contributed by atoms with Crippen molar-refractivity contribution in [3.05, 3.63) is 41.1 Å². The minimum atomic E-state index is -0.902. The van der Waals surface area contributed by atoms with Crippen LogP contribution in [0.5, 0.6) is 0 Å². The lowest BCUT2D eigenvalue weighted by atomic mass is 10.1. The van der Waals surface area contributed by atoms with Crippen LogP contribution in [0.1, 0.15) is 28.5 Å². The van der Waals surface area contributed by atoms with Gasteiger partial charge in [0.25, 0.3) is 0 Å². The van der Waals surface area contributed by atoms with E-state index in [1.165, 1.54) is 0 Å². The molecule has 16 heavy (non-hydrogen) atoms. The zero-order valence-electron chi connectivity index (χ0n) is 9.32. The lowest BCUT2D eigenvalue weighted by Crippen LogP contribution is -1.97. The standard InChI is InChI=1S/C13H13NO2/c1-3-9-6-11-7-10(13(15)16)4-5-12(11)14-8(9)2/h4-7H,3H2,1-2H3,(H,15,16). The van der Waals surface area contributed by atoms with Crippen molar-refractivity contribution in [3.8, 4) is 0 Å². The Labute approximate surface area is 93.7 Å². The van der Waals surface area contributed by atoms with Crippen LogP contribution in [0.3, 0.4) is 0 Å². The fraction of sp³-hybridized carbons (Fsp3) is 0.231. The third-order valence-corrected chi connectivity index (χ3v) is 2.74. The number of aromatic nitrogens is 1. The maximum atomic E-state index is 10.8. The maximum absolute atomic E-state index is 10.8. The number of hydrogen-bond acceptors (Lipinski definition) is 2. The van der Waals surface area contributed by atoms with Crippen LogP contribution >= 0.6 is 0 Å². The number of pyridine rings is 1. The van der Waals surface area contributed by atoms with Gasteiger partial charge in [-0.15, -0.1) is 0 Å². The van der Waals surface area contributed by atoms with Crippen molar-refractivity contribution in [1.82, 2.24) is 4.98 Å². The molecule has 0 saturated carbocycles. The summed E-state index contributed by atoms with van der Waals surface area (Å²) in [5.74, 6) is -0.902. The first kappa shape index (κ1) is 10.6. The summed E-state index contributed by atoms with van der Waals surface area (Å²) in [5, 5.41) is 9.80. The van der Waals surface area contributed by atoms with Crippen molar-refractivity contribution in [3.63, 3.8) is 0 Å². The van der Waals surface area contributed by atoms with Gasteiger partial charge in [-0.2, -0.15) is 0 Å². The second-order valence-corrected chi connectivity index (χ2v) is 3.80. The summed E-state index contributed by atoms with van der Waals surface area (Å²) in [5.41, 5.74) is 3.33. The van der Waals surface area contributed by atoms with Gasteiger partial charge in [0.1, 0.15) is 0 Å². The summed E-state index contributed by atoms with van der Waals surface area (Å²) in [4.78, 5) is 15.3. The third-order valence-electron chi connectivity index (χ3n) is 2.74. The largest absolute Gasteiger partial charge is 0.478 e. The van der Waals surface area contributed by atoms with Gasteiger partial charge in [0.2, 0.25) is 0 Å². The van der Waals surface area contributed by atoms with Crippen LogP contribution < -0.4 is 0 Å². The quantitative estimate of drug-likeness (QED) is 0.838. The molecule has 0 aliphatic rings. The van der Waals surface area contributed by atoms with E-state index in [0.29, 0.717) is 5.56 Å². The topological polar surface area (TPSA) is 50.2 Å². The second kappa shape index (κ2) is 3.93. The zero-order chi connectivity index (χ0) is 11.7. The van der Waals surface area contributed by atoms with Crippen LogP contribution in [-0.4, -0.2) is 16.1 Å². The van der Waals surface area contributed by atoms with Crippen molar-refractivity contribution >= 4 is 16.9 Å². The first-order valence-electron chi connectivity index (χ1n) is 5.25. The summed E-state index contributed by atoms with van der Waals surface area (Å²) in [6.45, 7) is 4.04. The van der Waals surface area contributed by atoms with Crippen LogP contribution in [0.2, 0.25) is 0 Å². The number of hydrogen-bond donors (Lipinski definition) is 1.